The van der Waals surface area contributed by atoms with Crippen LogP contribution in [-0.4, -0.2) is 62.1 Å². The Morgan fingerprint density at radius 1 is 0.829 bits per heavy atom. The lowest BCUT2D eigenvalue weighted by atomic mass is 10.1. The van der Waals surface area contributed by atoms with E-state index in [1.165, 1.54) is 0 Å². The van der Waals surface area contributed by atoms with Crippen molar-refractivity contribution < 1.29 is 9.53 Å². The third kappa shape index (κ3) is 4.96. The molecule has 5 rings (SSSR count). The Balaban J connectivity index is 1.31. The molecular formula is C27H30N6O2. The molecule has 0 aromatic carbocycles. The van der Waals surface area contributed by atoms with Crippen LogP contribution in [0, 0.1) is 6.92 Å². The number of carbonyl (C=O) groups is 1. The average Bonchev–Trinajstić information content (AvgIpc) is 3.27. The molecule has 0 aliphatic carbocycles. The summed E-state index contributed by atoms with van der Waals surface area (Å²) in [6, 6.07) is 12.3. The zero-order valence-electron chi connectivity index (χ0n) is 20.6. The quantitative estimate of drug-likeness (QED) is 0.427. The highest BCUT2D eigenvalue weighted by Crippen LogP contribution is 2.26. The number of piperazine rings is 1. The third-order valence-corrected chi connectivity index (χ3v) is 6.05. The maximum atomic E-state index is 12.3. The van der Waals surface area contributed by atoms with E-state index in [1.807, 2.05) is 64.5 Å². The minimum atomic E-state index is -0.485. The summed E-state index contributed by atoms with van der Waals surface area (Å²) in [5, 5.41) is 0. The second kappa shape index (κ2) is 9.02. The predicted octanol–water partition coefficient (Wildman–Crippen LogP) is 4.82. The van der Waals surface area contributed by atoms with Crippen LogP contribution in [0.5, 0.6) is 0 Å². The first-order chi connectivity index (χ1) is 16.8. The summed E-state index contributed by atoms with van der Waals surface area (Å²) in [4.78, 5) is 30.0. The monoisotopic (exact) mass is 470 g/mol. The fraction of sp³-hybridized carbons (Fsp3) is 0.333. The molecule has 1 amide bonds. The van der Waals surface area contributed by atoms with Gasteiger partial charge in [-0.25, -0.2) is 14.8 Å². The number of aryl methyl sites for hydroxylation is 1. The summed E-state index contributed by atoms with van der Waals surface area (Å²) >= 11 is 0. The molecule has 4 aromatic rings. The number of amides is 1. The van der Waals surface area contributed by atoms with Gasteiger partial charge in [-0.3, -0.25) is 9.38 Å². The minimum absolute atomic E-state index is 0.256. The van der Waals surface area contributed by atoms with Gasteiger partial charge in [0, 0.05) is 67.2 Å². The van der Waals surface area contributed by atoms with E-state index in [2.05, 4.69) is 43.7 Å². The number of hydrogen-bond donors (Lipinski definition) is 0. The smallest absolute Gasteiger partial charge is 0.410 e. The van der Waals surface area contributed by atoms with E-state index in [9.17, 15) is 4.79 Å². The van der Waals surface area contributed by atoms with Gasteiger partial charge in [0.1, 0.15) is 17.1 Å². The number of hydrogen-bond acceptors (Lipinski definition) is 6. The second-order valence-electron chi connectivity index (χ2n) is 9.84. The lowest BCUT2D eigenvalue weighted by Gasteiger charge is -2.36. The summed E-state index contributed by atoms with van der Waals surface area (Å²) in [5.41, 5.74) is 5.51. The maximum absolute atomic E-state index is 12.3. The summed E-state index contributed by atoms with van der Waals surface area (Å²) in [5.74, 6) is 0.901. The van der Waals surface area contributed by atoms with Crippen molar-refractivity contribution in [3.05, 3.63) is 66.9 Å². The minimum Gasteiger partial charge on any atom is -0.444 e. The van der Waals surface area contributed by atoms with Crippen LogP contribution in [-0.2, 0) is 4.74 Å². The normalized spacial score (nSPS) is 14.4. The van der Waals surface area contributed by atoms with Crippen LogP contribution < -0.4 is 4.90 Å². The molecule has 0 saturated carbocycles. The van der Waals surface area contributed by atoms with Crippen molar-refractivity contribution in [2.75, 3.05) is 31.1 Å². The molecule has 1 aliphatic rings. The van der Waals surface area contributed by atoms with Crippen LogP contribution in [0.15, 0.2) is 61.2 Å². The van der Waals surface area contributed by atoms with Gasteiger partial charge in [-0.1, -0.05) is 6.07 Å². The highest BCUT2D eigenvalue weighted by atomic mass is 16.6. The molecule has 35 heavy (non-hydrogen) atoms. The molecule has 0 unspecified atom stereocenters. The highest BCUT2D eigenvalue weighted by Gasteiger charge is 2.26. The predicted molar refractivity (Wildman–Crippen MR) is 136 cm³/mol. The van der Waals surface area contributed by atoms with Crippen LogP contribution in [0.2, 0.25) is 0 Å². The van der Waals surface area contributed by atoms with Crippen molar-refractivity contribution in [1.29, 1.82) is 0 Å². The zero-order chi connectivity index (χ0) is 24.6. The van der Waals surface area contributed by atoms with E-state index >= 15 is 0 Å². The van der Waals surface area contributed by atoms with E-state index < -0.39 is 5.60 Å². The van der Waals surface area contributed by atoms with Gasteiger partial charge in [0.2, 0.25) is 0 Å². The number of fused-ring (bicyclic) bond motifs is 1. The topological polar surface area (TPSA) is 75.9 Å². The van der Waals surface area contributed by atoms with Gasteiger partial charge in [0.15, 0.2) is 0 Å². The molecule has 1 saturated heterocycles. The van der Waals surface area contributed by atoms with Crippen molar-refractivity contribution >= 4 is 17.6 Å². The molecule has 4 aromatic heterocycles. The van der Waals surface area contributed by atoms with Gasteiger partial charge in [0.25, 0.3) is 0 Å². The van der Waals surface area contributed by atoms with E-state index in [-0.39, 0.29) is 6.09 Å². The van der Waals surface area contributed by atoms with Gasteiger partial charge < -0.3 is 14.5 Å². The number of carbonyl (C=O) groups excluding carboxylic acids is 1. The van der Waals surface area contributed by atoms with Crippen molar-refractivity contribution in [2.45, 2.75) is 33.3 Å². The van der Waals surface area contributed by atoms with E-state index in [4.69, 9.17) is 9.72 Å². The standard InChI is InChI=1S/C27H30N6O2/c1-19-5-6-20(15-28-19)22-8-10-25-30-17-23(33(25)18-22)21-7-9-24(29-16-21)31-11-13-32(14-12-31)26(34)35-27(2,3)4/h5-10,15-18H,11-14H2,1-4H3. The van der Waals surface area contributed by atoms with Crippen LogP contribution in [0.3, 0.4) is 0 Å². The SMILES string of the molecule is Cc1ccc(-c2ccc3ncc(-c4ccc(N5CCN(C(=O)OC(C)(C)C)CC5)nc4)n3c2)cn1. The van der Waals surface area contributed by atoms with Crippen molar-refractivity contribution in [3.8, 4) is 22.4 Å². The number of aromatic nitrogens is 4. The molecule has 1 fully saturated rings. The molecule has 0 radical (unpaired) electrons. The fourth-order valence-corrected chi connectivity index (χ4v) is 4.17. The largest absolute Gasteiger partial charge is 0.444 e. The van der Waals surface area contributed by atoms with Crippen LogP contribution in [0.1, 0.15) is 26.5 Å². The number of ether oxygens (including phenoxy) is 1. The van der Waals surface area contributed by atoms with Gasteiger partial charge >= 0.3 is 6.09 Å². The van der Waals surface area contributed by atoms with Crippen LogP contribution >= 0.6 is 0 Å². The molecule has 0 spiro atoms. The highest BCUT2D eigenvalue weighted by molar-refractivity contribution is 5.70. The molecule has 180 valence electrons. The lowest BCUT2D eigenvalue weighted by Crippen LogP contribution is -2.50. The molecule has 0 N–H and O–H groups in total. The summed E-state index contributed by atoms with van der Waals surface area (Å²) in [7, 11) is 0. The van der Waals surface area contributed by atoms with Crippen LogP contribution in [0.25, 0.3) is 28.0 Å². The Morgan fingerprint density at radius 2 is 1.54 bits per heavy atom. The van der Waals surface area contributed by atoms with Crippen molar-refractivity contribution in [3.63, 3.8) is 0 Å². The Hall–Kier alpha value is -3.94. The second-order valence-corrected chi connectivity index (χ2v) is 9.84. The number of rotatable bonds is 3. The molecule has 1 aliphatic heterocycles. The van der Waals surface area contributed by atoms with Crippen LogP contribution in [0.4, 0.5) is 10.6 Å². The number of anilines is 1. The van der Waals surface area contributed by atoms with E-state index in [0.717, 1.165) is 52.6 Å². The van der Waals surface area contributed by atoms with Gasteiger partial charge in [-0.15, -0.1) is 0 Å². The molecule has 8 nitrogen and oxygen atoms in total. The number of pyridine rings is 3. The Morgan fingerprint density at radius 3 is 2.20 bits per heavy atom. The Bertz CT molecular complexity index is 1330. The van der Waals surface area contributed by atoms with Gasteiger partial charge in [-0.2, -0.15) is 0 Å². The zero-order valence-corrected chi connectivity index (χ0v) is 20.6. The summed E-state index contributed by atoms with van der Waals surface area (Å²) in [6.45, 7) is 10.3. The van der Waals surface area contributed by atoms with Gasteiger partial charge in [-0.05, 0) is 58.0 Å². The lowest BCUT2D eigenvalue weighted by molar-refractivity contribution is 0.0240. The fourth-order valence-electron chi connectivity index (χ4n) is 4.17. The van der Waals surface area contributed by atoms with Crippen molar-refractivity contribution in [1.82, 2.24) is 24.3 Å². The molecule has 8 heteroatoms. The first kappa shape index (κ1) is 22.8. The number of nitrogens with zero attached hydrogens (tertiary/aromatic N) is 6. The Kier molecular flexibility index (Phi) is 5.88. The first-order valence-corrected chi connectivity index (χ1v) is 11.9. The Labute approximate surface area is 205 Å². The number of imidazole rings is 1. The molecule has 0 atom stereocenters. The first-order valence-electron chi connectivity index (χ1n) is 11.9. The van der Waals surface area contributed by atoms with E-state index in [1.54, 1.807) is 4.90 Å². The molecule has 5 heterocycles. The third-order valence-electron chi connectivity index (χ3n) is 6.05. The molecular weight excluding hydrogens is 440 g/mol. The average molecular weight is 471 g/mol. The van der Waals surface area contributed by atoms with E-state index in [0.29, 0.717) is 13.1 Å². The van der Waals surface area contributed by atoms with Gasteiger partial charge in [0.05, 0.1) is 11.9 Å². The maximum Gasteiger partial charge on any atom is 0.410 e. The molecule has 0 bridgehead atoms. The van der Waals surface area contributed by atoms with Crippen molar-refractivity contribution in [2.24, 2.45) is 0 Å². The summed E-state index contributed by atoms with van der Waals surface area (Å²) in [6.07, 6.45) is 7.50. The summed E-state index contributed by atoms with van der Waals surface area (Å²) < 4.78 is 7.58.